The van der Waals surface area contributed by atoms with Gasteiger partial charge in [0, 0.05) is 122 Å². The van der Waals surface area contributed by atoms with Gasteiger partial charge in [-0.1, -0.05) is 84.9 Å². The second-order valence-electron chi connectivity index (χ2n) is 21.9. The minimum Gasteiger partial charge on any atom is -0.850 e. The summed E-state index contributed by atoms with van der Waals surface area (Å²) >= 11 is 22.5. The molecule has 37 heteroatoms. The van der Waals surface area contributed by atoms with Gasteiger partial charge in [-0.3, -0.25) is 34.9 Å². The summed E-state index contributed by atoms with van der Waals surface area (Å²) < 4.78 is 144. The van der Waals surface area contributed by atoms with E-state index < -0.39 is 106 Å². The number of aromatic nitrogens is 1. The van der Waals surface area contributed by atoms with E-state index in [9.17, 15) is 69.0 Å². The van der Waals surface area contributed by atoms with Gasteiger partial charge in [0.1, 0.15) is 81.7 Å². The number of nitrogens with two attached hydrogens (primary N) is 2. The van der Waals surface area contributed by atoms with Crippen molar-refractivity contribution in [3.63, 3.8) is 0 Å². The van der Waals surface area contributed by atoms with Crippen molar-refractivity contribution in [3.05, 3.63) is 215 Å². The number of carbonyl (C=O) groups excluding carboxylic acids is 4. The average molecular weight is 1580 g/mol. The number of nitrogens with zero attached hydrogens (tertiary/aromatic N) is 3. The monoisotopic (exact) mass is 1580 g/mol. The Morgan fingerprint density at radius 2 is 1.00 bits per heavy atom. The molecule has 8 aromatic rings. The molecule has 4 heterocycles. The standard InChI is InChI=1S/C18H15ClF3N3O3.C18H14ClF2N3O3.C11H12F2N2O2.C7H5ClFNO.C7H4ClFO.C4H9O.CH4.ClH.K.H3NO/c1-28-9-5-13(21)15(14(22)6-9)11-7-23-18(26)16(11)24-17(25-27)10-3-2-8(19)4-12(10)20;1-26-9-5-12(20)15(13(21)6-9)11-7-22-18(25)16(11)23-17-10-3-2-8(19)4-14(10)27-24-17;1-17-5-2-7(12)9(8(13)3-5)6-4-15-11(16)10(6)14;8-6-2-1-5(4-10-11)7(9)3-6;8-6-2-1-5(4-10)7(9)3-6;1-4(2,3)5;;;;1-2/h2-6,11,16,27H,7H2,1H3,(H,23,26)(H,24,25);2-6,11,16H,7H2,1H3,(H,22,25)(H,23,24);2-3,6,10H,4,14H2,1H3,(H,15,16);1-4,11H;1-4H;1-3H3;1H4;1H;;2H,1H2/q;;;;;-1;;;+1;/b;;;10-4+;;;;;;/t2*11-,16-;6-,10-;;;;;;;/m000......./s1. The maximum absolute atomic E-state index is 14.5. The van der Waals surface area contributed by atoms with E-state index in [1.165, 1.54) is 57.7 Å². The van der Waals surface area contributed by atoms with E-state index in [-0.39, 0.29) is 158 Å². The molecule has 0 spiro atoms. The second kappa shape index (κ2) is 43.1. The Hall–Kier alpha value is -7.51. The van der Waals surface area contributed by atoms with Crippen LogP contribution in [-0.4, -0.2) is 122 Å². The van der Waals surface area contributed by atoms with E-state index in [1.807, 2.05) is 0 Å². The van der Waals surface area contributed by atoms with Gasteiger partial charge in [-0.15, -0.1) is 18.0 Å². The number of rotatable bonds is 12. The van der Waals surface area contributed by atoms with E-state index in [0.29, 0.717) is 38.1 Å². The molecule has 0 saturated carbocycles. The molecule has 0 radical (unpaired) electrons. The molecule has 3 fully saturated rings. The number of nitrogens with one attached hydrogen (secondary N) is 5. The van der Waals surface area contributed by atoms with Crippen molar-refractivity contribution in [2.75, 3.05) is 46.3 Å². The Kier molecular flexibility index (Phi) is 38.3. The Morgan fingerprint density at radius 3 is 1.42 bits per heavy atom. The number of ether oxygens (including phenoxy) is 3. The Bertz CT molecular complexity index is 4200. The maximum atomic E-state index is 14.5. The molecule has 1 aromatic heterocycles. The van der Waals surface area contributed by atoms with Crippen molar-refractivity contribution in [2.24, 2.45) is 21.8 Å². The van der Waals surface area contributed by atoms with Crippen molar-refractivity contribution in [2.45, 2.75) is 69.7 Å². The average Bonchev–Trinajstić information content (AvgIpc) is 1.70. The molecular weight excluding hydrogens is 1510 g/mol. The molecule has 3 aliphatic rings. The summed E-state index contributed by atoms with van der Waals surface area (Å²) in [5, 5.41) is 53.0. The fraction of sp³-hybridized carbons (Fsp3) is 0.258. The number of aliphatic imine (C=N–C) groups is 1. The first kappa shape index (κ1) is 91.6. The summed E-state index contributed by atoms with van der Waals surface area (Å²) in [6.45, 7) is 5.03. The van der Waals surface area contributed by atoms with Crippen LogP contribution >= 0.6 is 58.8 Å². The summed E-state index contributed by atoms with van der Waals surface area (Å²) in [6.07, 6.45) is 1.46. The van der Waals surface area contributed by atoms with Crippen LogP contribution in [0.15, 0.2) is 124 Å². The first-order valence-corrected chi connectivity index (χ1v) is 30.3. The van der Waals surface area contributed by atoms with Crippen LogP contribution in [-0.2, 0) is 14.4 Å². The summed E-state index contributed by atoms with van der Waals surface area (Å²) in [4.78, 5) is 49.8. The zero-order valence-electron chi connectivity index (χ0n) is 54.5. The van der Waals surface area contributed by atoms with Gasteiger partial charge in [-0.05, 0) is 66.7 Å². The number of hydrogen-bond acceptors (Lipinski definition) is 18. The Balaban J connectivity index is 0.000000444. The number of benzene rings is 7. The van der Waals surface area contributed by atoms with Crippen molar-refractivity contribution in [3.8, 4) is 17.2 Å². The van der Waals surface area contributed by atoms with Crippen LogP contribution in [0.1, 0.15) is 84.1 Å². The fourth-order valence-electron chi connectivity index (χ4n) is 9.50. The van der Waals surface area contributed by atoms with Crippen LogP contribution in [0.25, 0.3) is 11.0 Å². The Morgan fingerprint density at radius 1 is 0.612 bits per heavy atom. The number of halogens is 14. The SMILES string of the molecule is C.CC(C)(C)[O-].COc1cc(F)c([C@@H]2CNC(=O)[C@H]2N)c(F)c1.COc1cc(F)c([C@@H]2CNC(=O)[C@H]2N=C(NO)c2ccc(Cl)cc2F)c(F)c1.COc1cc(F)c([C@@H]2CNC(=O)[C@H]2Nc2noc3cc(Cl)ccc23)c(F)c1.Cl.NO.O/N=C/c1ccc(Cl)cc1F.O=Cc1ccc(Cl)cc1F.[K+]. The molecule has 22 nitrogen and oxygen atoms in total. The molecule has 3 saturated heterocycles. The maximum Gasteiger partial charge on any atom is 1.00 e. The van der Waals surface area contributed by atoms with Gasteiger partial charge in [-0.2, -0.15) is 0 Å². The molecule has 0 unspecified atom stereocenters. The van der Waals surface area contributed by atoms with E-state index in [1.54, 1.807) is 44.5 Å². The number of aldehydes is 1. The van der Waals surface area contributed by atoms with Crippen molar-refractivity contribution >= 4 is 112 Å². The molecule has 3 amide bonds. The van der Waals surface area contributed by atoms with Crippen LogP contribution in [0.4, 0.5) is 45.3 Å². The number of amides is 3. The number of methoxy groups -OCH3 is 3. The minimum atomic E-state index is -1.30. The summed E-state index contributed by atoms with van der Waals surface area (Å²) in [6, 6.07) is 19.7. The van der Waals surface area contributed by atoms with Crippen LogP contribution in [0, 0.1) is 52.4 Å². The van der Waals surface area contributed by atoms with Gasteiger partial charge in [0.15, 0.2) is 23.5 Å². The van der Waals surface area contributed by atoms with Crippen LogP contribution < -0.4 is 109 Å². The normalized spacial score (nSPS) is 17.0. The third kappa shape index (κ3) is 25.7. The first-order chi connectivity index (χ1) is 47.3. The number of hydroxylamine groups is 1. The molecule has 0 bridgehead atoms. The van der Waals surface area contributed by atoms with Gasteiger partial charge in [0.2, 0.25) is 17.7 Å². The zero-order chi connectivity index (χ0) is 74.5. The third-order valence-electron chi connectivity index (χ3n) is 14.1. The van der Waals surface area contributed by atoms with Gasteiger partial charge in [0.05, 0.1) is 50.1 Å². The third-order valence-corrected chi connectivity index (χ3v) is 15.0. The molecular formula is C66H67Cl5F9KN10O12. The second-order valence-corrected chi connectivity index (χ2v) is 23.6. The quantitative estimate of drug-likeness (QED) is 0.0104. The molecule has 11 rings (SSSR count). The molecule has 0 aliphatic carbocycles. The number of hydrogen-bond donors (Lipinski definition) is 10. The first-order valence-electron chi connectivity index (χ1n) is 28.8. The molecule has 552 valence electrons. The summed E-state index contributed by atoms with van der Waals surface area (Å²) in [7, 11) is 3.91. The predicted octanol–water partition coefficient (Wildman–Crippen LogP) is 8.87. The minimum absolute atomic E-state index is 0. The van der Waals surface area contributed by atoms with Crippen LogP contribution in [0.2, 0.25) is 20.1 Å². The van der Waals surface area contributed by atoms with Crippen molar-refractivity contribution in [1.29, 1.82) is 0 Å². The van der Waals surface area contributed by atoms with Gasteiger partial charge in [0.25, 0.3) is 0 Å². The fourth-order valence-corrected chi connectivity index (χ4v) is 10.1. The van der Waals surface area contributed by atoms with Crippen LogP contribution in [0.3, 0.4) is 0 Å². The van der Waals surface area contributed by atoms with Crippen molar-refractivity contribution < 1.29 is 150 Å². The number of carbonyl (C=O) groups is 4. The summed E-state index contributed by atoms with van der Waals surface area (Å²) in [5.74, 6) is -7.10. The number of amidine groups is 1. The number of fused-ring (bicyclic) bond motifs is 1. The van der Waals surface area contributed by atoms with Gasteiger partial charge >= 0.3 is 51.4 Å². The number of oxime groups is 1. The Labute approximate surface area is 652 Å². The topological polar surface area (TPSA) is 343 Å². The molecule has 12 N–H and O–H groups in total. The van der Waals surface area contributed by atoms with Gasteiger partial charge in [-0.25, -0.2) is 45.4 Å². The van der Waals surface area contributed by atoms with E-state index in [2.05, 4.69) is 42.5 Å². The number of anilines is 1. The largest absolute Gasteiger partial charge is 1.00 e. The smallest absolute Gasteiger partial charge is 0.850 e. The molecule has 6 atom stereocenters. The zero-order valence-corrected chi connectivity index (χ0v) is 61.4. The molecule has 3 aliphatic heterocycles. The molecule has 7 aromatic carbocycles. The van der Waals surface area contributed by atoms with Gasteiger partial charge < -0.3 is 61.3 Å². The van der Waals surface area contributed by atoms with E-state index in [4.69, 9.17) is 81.3 Å². The van der Waals surface area contributed by atoms with Crippen molar-refractivity contribution in [1.82, 2.24) is 26.6 Å². The predicted molar refractivity (Wildman–Crippen MR) is 364 cm³/mol. The van der Waals surface area contributed by atoms with E-state index >= 15 is 0 Å². The van der Waals surface area contributed by atoms with Crippen LogP contribution in [0.5, 0.6) is 17.2 Å². The van der Waals surface area contributed by atoms with E-state index in [0.717, 1.165) is 60.8 Å². The molecule has 103 heavy (non-hydrogen) atoms. The summed E-state index contributed by atoms with van der Waals surface area (Å²) in [5.41, 5.74) is 6.34.